The molecule has 2 heterocycles. The highest BCUT2D eigenvalue weighted by atomic mass is 15.1. The summed E-state index contributed by atoms with van der Waals surface area (Å²) < 4.78 is 0. The Bertz CT molecular complexity index is 283. The molecule has 0 spiro atoms. The van der Waals surface area contributed by atoms with Gasteiger partial charge in [0.25, 0.3) is 0 Å². The van der Waals surface area contributed by atoms with Crippen molar-refractivity contribution < 1.29 is 0 Å². The summed E-state index contributed by atoms with van der Waals surface area (Å²) in [7, 11) is 0. The largest absolute Gasteiger partial charge is 0.314 e. The number of allylic oxidation sites excluding steroid dienone is 1. The maximum atomic E-state index is 3.76. The Morgan fingerprint density at radius 1 is 1.05 bits per heavy atom. The van der Waals surface area contributed by atoms with E-state index in [0.717, 1.165) is 12.6 Å². The zero-order valence-corrected chi connectivity index (χ0v) is 13.5. The minimum atomic E-state index is 0.761. The molecule has 0 amide bonds. The van der Waals surface area contributed by atoms with E-state index < -0.39 is 0 Å². The van der Waals surface area contributed by atoms with Crippen LogP contribution < -0.4 is 5.32 Å². The van der Waals surface area contributed by atoms with Crippen molar-refractivity contribution in [3.05, 3.63) is 11.6 Å². The Morgan fingerprint density at radius 2 is 1.75 bits per heavy atom. The SMILES string of the molecule is CC(C)=CCN1CCC(NCCCN2CCCC2)CC1. The third-order valence-corrected chi connectivity index (χ3v) is 4.63. The first-order chi connectivity index (χ1) is 9.74. The van der Waals surface area contributed by atoms with Crippen LogP contribution in [0.4, 0.5) is 0 Å². The first-order valence-corrected chi connectivity index (χ1v) is 8.55. The summed E-state index contributed by atoms with van der Waals surface area (Å²) in [4.78, 5) is 5.19. The number of hydrogen-bond acceptors (Lipinski definition) is 3. The van der Waals surface area contributed by atoms with Gasteiger partial charge in [-0.15, -0.1) is 0 Å². The number of piperidine rings is 1. The molecular formula is C17H33N3. The maximum Gasteiger partial charge on any atom is 0.0165 e. The molecule has 0 bridgehead atoms. The Morgan fingerprint density at radius 3 is 2.40 bits per heavy atom. The van der Waals surface area contributed by atoms with Gasteiger partial charge in [-0.05, 0) is 85.2 Å². The highest BCUT2D eigenvalue weighted by Crippen LogP contribution is 2.11. The van der Waals surface area contributed by atoms with Gasteiger partial charge in [0.05, 0.1) is 0 Å². The molecule has 2 rings (SSSR count). The lowest BCUT2D eigenvalue weighted by Gasteiger charge is -2.32. The van der Waals surface area contributed by atoms with Gasteiger partial charge in [-0.25, -0.2) is 0 Å². The molecule has 0 aliphatic carbocycles. The van der Waals surface area contributed by atoms with E-state index in [9.17, 15) is 0 Å². The van der Waals surface area contributed by atoms with Gasteiger partial charge in [0.15, 0.2) is 0 Å². The number of likely N-dealkylation sites (tertiary alicyclic amines) is 2. The molecule has 116 valence electrons. The van der Waals surface area contributed by atoms with E-state index in [1.54, 1.807) is 0 Å². The highest BCUT2D eigenvalue weighted by molar-refractivity contribution is 4.95. The molecule has 2 saturated heterocycles. The van der Waals surface area contributed by atoms with Gasteiger partial charge >= 0.3 is 0 Å². The standard InChI is InChI=1S/C17H33N3/c1-16(2)6-13-20-14-7-17(8-15-20)18-9-5-12-19-10-3-4-11-19/h6,17-18H,3-5,7-15H2,1-2H3. The lowest BCUT2D eigenvalue weighted by Crippen LogP contribution is -2.43. The molecule has 3 nitrogen and oxygen atoms in total. The van der Waals surface area contributed by atoms with Crippen LogP contribution in [0.25, 0.3) is 0 Å². The van der Waals surface area contributed by atoms with Crippen LogP contribution in [0.1, 0.15) is 46.0 Å². The second-order valence-corrected chi connectivity index (χ2v) is 6.71. The normalized spacial score (nSPS) is 22.3. The first-order valence-electron chi connectivity index (χ1n) is 8.55. The molecular weight excluding hydrogens is 246 g/mol. The predicted molar refractivity (Wildman–Crippen MR) is 87.2 cm³/mol. The summed E-state index contributed by atoms with van der Waals surface area (Å²) in [5.74, 6) is 0. The van der Waals surface area contributed by atoms with Gasteiger partial charge in [-0.1, -0.05) is 11.6 Å². The Balaban J connectivity index is 1.50. The van der Waals surface area contributed by atoms with Gasteiger partial charge in [0, 0.05) is 12.6 Å². The third kappa shape index (κ3) is 5.94. The number of nitrogens with one attached hydrogen (secondary N) is 1. The summed E-state index contributed by atoms with van der Waals surface area (Å²) in [6, 6.07) is 0.761. The van der Waals surface area contributed by atoms with Crippen LogP contribution in [0.15, 0.2) is 11.6 Å². The molecule has 0 aromatic heterocycles. The van der Waals surface area contributed by atoms with Crippen LogP contribution in [-0.2, 0) is 0 Å². The fraction of sp³-hybridized carbons (Fsp3) is 0.882. The van der Waals surface area contributed by atoms with E-state index in [1.807, 2.05) is 0 Å². The van der Waals surface area contributed by atoms with Gasteiger partial charge in [0.1, 0.15) is 0 Å². The zero-order valence-electron chi connectivity index (χ0n) is 13.5. The lowest BCUT2D eigenvalue weighted by atomic mass is 10.0. The smallest absolute Gasteiger partial charge is 0.0165 e. The molecule has 3 heteroatoms. The van der Waals surface area contributed by atoms with Crippen molar-refractivity contribution in [1.82, 2.24) is 15.1 Å². The average molecular weight is 279 g/mol. The van der Waals surface area contributed by atoms with Gasteiger partial charge in [-0.3, -0.25) is 4.90 Å². The molecule has 1 N–H and O–H groups in total. The van der Waals surface area contributed by atoms with Crippen molar-refractivity contribution >= 4 is 0 Å². The van der Waals surface area contributed by atoms with Crippen molar-refractivity contribution in [1.29, 1.82) is 0 Å². The van der Waals surface area contributed by atoms with Crippen LogP contribution in [0, 0.1) is 0 Å². The van der Waals surface area contributed by atoms with E-state index in [0.29, 0.717) is 0 Å². The van der Waals surface area contributed by atoms with E-state index in [1.165, 1.54) is 76.9 Å². The summed E-state index contributed by atoms with van der Waals surface area (Å²) >= 11 is 0. The molecule has 2 aliphatic rings. The third-order valence-electron chi connectivity index (χ3n) is 4.63. The van der Waals surface area contributed by atoms with Crippen LogP contribution in [-0.4, -0.2) is 61.7 Å². The number of hydrogen-bond donors (Lipinski definition) is 1. The van der Waals surface area contributed by atoms with Crippen molar-refractivity contribution in [3.63, 3.8) is 0 Å². The summed E-state index contributed by atoms with van der Waals surface area (Å²) in [6.07, 6.45) is 9.14. The number of nitrogens with zero attached hydrogens (tertiary/aromatic N) is 2. The van der Waals surface area contributed by atoms with Crippen molar-refractivity contribution in [3.8, 4) is 0 Å². The number of rotatable bonds is 7. The monoisotopic (exact) mass is 279 g/mol. The van der Waals surface area contributed by atoms with Crippen LogP contribution in [0.5, 0.6) is 0 Å². The summed E-state index contributed by atoms with van der Waals surface area (Å²) in [6.45, 7) is 13.2. The van der Waals surface area contributed by atoms with Crippen LogP contribution in [0.3, 0.4) is 0 Å². The fourth-order valence-electron chi connectivity index (χ4n) is 3.25. The predicted octanol–water partition coefficient (Wildman–Crippen LogP) is 2.49. The zero-order chi connectivity index (χ0) is 14.2. The molecule has 20 heavy (non-hydrogen) atoms. The second-order valence-electron chi connectivity index (χ2n) is 6.71. The topological polar surface area (TPSA) is 18.5 Å². The molecule has 2 aliphatic heterocycles. The Hall–Kier alpha value is -0.380. The van der Waals surface area contributed by atoms with Crippen molar-refractivity contribution in [2.24, 2.45) is 0 Å². The molecule has 0 unspecified atom stereocenters. The summed E-state index contributed by atoms with van der Waals surface area (Å²) in [5.41, 5.74) is 1.44. The lowest BCUT2D eigenvalue weighted by molar-refractivity contribution is 0.213. The Labute approximate surface area is 125 Å². The molecule has 0 aromatic rings. The molecule has 0 atom stereocenters. The van der Waals surface area contributed by atoms with E-state index in [-0.39, 0.29) is 0 Å². The van der Waals surface area contributed by atoms with Crippen molar-refractivity contribution in [2.45, 2.75) is 52.0 Å². The minimum absolute atomic E-state index is 0.761. The van der Waals surface area contributed by atoms with Gasteiger partial charge in [-0.2, -0.15) is 0 Å². The van der Waals surface area contributed by atoms with Gasteiger partial charge in [0.2, 0.25) is 0 Å². The van der Waals surface area contributed by atoms with E-state index in [4.69, 9.17) is 0 Å². The quantitative estimate of drug-likeness (QED) is 0.570. The highest BCUT2D eigenvalue weighted by Gasteiger charge is 2.17. The average Bonchev–Trinajstić information content (AvgIpc) is 2.96. The fourth-order valence-corrected chi connectivity index (χ4v) is 3.25. The van der Waals surface area contributed by atoms with Crippen LogP contribution in [0.2, 0.25) is 0 Å². The van der Waals surface area contributed by atoms with Crippen LogP contribution >= 0.6 is 0 Å². The first kappa shape index (κ1) is 16.0. The van der Waals surface area contributed by atoms with E-state index in [2.05, 4.69) is 35.0 Å². The molecule has 0 saturated carbocycles. The van der Waals surface area contributed by atoms with Gasteiger partial charge < -0.3 is 10.2 Å². The minimum Gasteiger partial charge on any atom is -0.314 e. The second kappa shape index (κ2) is 8.81. The summed E-state index contributed by atoms with van der Waals surface area (Å²) in [5, 5.41) is 3.76. The molecule has 0 radical (unpaired) electrons. The molecule has 0 aromatic carbocycles. The van der Waals surface area contributed by atoms with E-state index >= 15 is 0 Å². The molecule has 2 fully saturated rings. The maximum absolute atomic E-state index is 3.76. The van der Waals surface area contributed by atoms with Crippen molar-refractivity contribution in [2.75, 3.05) is 45.8 Å². The Kier molecular flexibility index (Phi) is 7.05.